The third kappa shape index (κ3) is 1.75. The number of carbonyl (C=O) groups excluding carboxylic acids is 1. The standard InChI is InChI=1S/C14H14FNO/c15-11-6-4-10(5-7-11)14(17)16-12-2-1-3-13(16)9-8-12/h1-2,4-7,12-13H,3,8-9H2. The summed E-state index contributed by atoms with van der Waals surface area (Å²) in [4.78, 5) is 14.3. The molecule has 2 nitrogen and oxygen atoms in total. The fourth-order valence-electron chi connectivity index (χ4n) is 2.78. The van der Waals surface area contributed by atoms with Gasteiger partial charge in [-0.25, -0.2) is 4.39 Å². The van der Waals surface area contributed by atoms with Gasteiger partial charge in [0.05, 0.1) is 6.04 Å². The highest BCUT2D eigenvalue weighted by Crippen LogP contribution is 2.32. The maximum atomic E-state index is 12.8. The van der Waals surface area contributed by atoms with Crippen molar-refractivity contribution in [3.8, 4) is 0 Å². The second-order valence-corrected chi connectivity index (χ2v) is 4.68. The fourth-order valence-corrected chi connectivity index (χ4v) is 2.78. The first-order valence-electron chi connectivity index (χ1n) is 6.00. The van der Waals surface area contributed by atoms with Crippen LogP contribution in [0.25, 0.3) is 0 Å². The van der Waals surface area contributed by atoms with E-state index in [1.165, 1.54) is 12.1 Å². The maximum Gasteiger partial charge on any atom is 0.254 e. The van der Waals surface area contributed by atoms with E-state index in [0.717, 1.165) is 19.3 Å². The number of amides is 1. The van der Waals surface area contributed by atoms with E-state index in [2.05, 4.69) is 12.2 Å². The highest BCUT2D eigenvalue weighted by Gasteiger charge is 2.37. The predicted molar refractivity (Wildman–Crippen MR) is 63.1 cm³/mol. The van der Waals surface area contributed by atoms with Crippen molar-refractivity contribution in [1.82, 2.24) is 4.90 Å². The average Bonchev–Trinajstić information content (AvgIpc) is 2.59. The van der Waals surface area contributed by atoms with Gasteiger partial charge in [0.15, 0.2) is 0 Å². The highest BCUT2D eigenvalue weighted by atomic mass is 19.1. The van der Waals surface area contributed by atoms with Crippen LogP contribution < -0.4 is 0 Å². The van der Waals surface area contributed by atoms with Crippen LogP contribution in [0, 0.1) is 5.82 Å². The van der Waals surface area contributed by atoms with Crippen molar-refractivity contribution < 1.29 is 9.18 Å². The van der Waals surface area contributed by atoms with Crippen LogP contribution in [0.2, 0.25) is 0 Å². The second-order valence-electron chi connectivity index (χ2n) is 4.68. The Morgan fingerprint density at radius 1 is 1.24 bits per heavy atom. The summed E-state index contributed by atoms with van der Waals surface area (Å²) in [6, 6.07) is 6.39. The molecule has 0 N–H and O–H groups in total. The molecule has 0 saturated carbocycles. The van der Waals surface area contributed by atoms with Crippen LogP contribution in [-0.2, 0) is 0 Å². The van der Waals surface area contributed by atoms with Gasteiger partial charge < -0.3 is 4.90 Å². The molecule has 2 atom stereocenters. The van der Waals surface area contributed by atoms with Crippen LogP contribution >= 0.6 is 0 Å². The van der Waals surface area contributed by atoms with Gasteiger partial charge in [-0.15, -0.1) is 0 Å². The molecule has 1 amide bonds. The topological polar surface area (TPSA) is 20.3 Å². The van der Waals surface area contributed by atoms with Crippen LogP contribution in [0.15, 0.2) is 36.4 Å². The monoisotopic (exact) mass is 231 g/mol. The Morgan fingerprint density at radius 2 is 2.00 bits per heavy atom. The smallest absolute Gasteiger partial charge is 0.254 e. The van der Waals surface area contributed by atoms with E-state index in [9.17, 15) is 9.18 Å². The van der Waals surface area contributed by atoms with Crippen LogP contribution in [0.1, 0.15) is 29.6 Å². The van der Waals surface area contributed by atoms with Crippen LogP contribution in [0.5, 0.6) is 0 Å². The molecule has 2 bridgehead atoms. The molecule has 2 aliphatic rings. The number of fused-ring (bicyclic) bond motifs is 2. The number of rotatable bonds is 1. The molecular formula is C14H14FNO. The Bertz CT molecular complexity index is 466. The molecule has 0 aromatic heterocycles. The Hall–Kier alpha value is -1.64. The molecule has 0 radical (unpaired) electrons. The quantitative estimate of drug-likeness (QED) is 0.680. The first kappa shape index (κ1) is 10.5. The van der Waals surface area contributed by atoms with Gasteiger partial charge in [-0.3, -0.25) is 4.79 Å². The molecule has 0 aliphatic carbocycles. The minimum absolute atomic E-state index is 0.0295. The molecule has 2 heterocycles. The molecule has 1 fully saturated rings. The summed E-state index contributed by atoms with van der Waals surface area (Å²) in [7, 11) is 0. The number of nitrogens with zero attached hydrogens (tertiary/aromatic N) is 1. The summed E-state index contributed by atoms with van der Waals surface area (Å²) >= 11 is 0. The van der Waals surface area contributed by atoms with Crippen molar-refractivity contribution in [2.24, 2.45) is 0 Å². The number of carbonyl (C=O) groups is 1. The van der Waals surface area contributed by atoms with E-state index in [-0.39, 0.29) is 17.8 Å². The highest BCUT2D eigenvalue weighted by molar-refractivity contribution is 5.95. The van der Waals surface area contributed by atoms with Gasteiger partial charge in [0.2, 0.25) is 0 Å². The Kier molecular flexibility index (Phi) is 2.46. The maximum absolute atomic E-state index is 12.8. The van der Waals surface area contributed by atoms with E-state index >= 15 is 0 Å². The lowest BCUT2D eigenvalue weighted by Gasteiger charge is -2.31. The number of halogens is 1. The van der Waals surface area contributed by atoms with E-state index in [0.29, 0.717) is 11.6 Å². The molecule has 17 heavy (non-hydrogen) atoms. The van der Waals surface area contributed by atoms with E-state index in [1.807, 2.05) is 4.90 Å². The van der Waals surface area contributed by atoms with Crippen molar-refractivity contribution in [3.05, 3.63) is 47.8 Å². The lowest BCUT2D eigenvalue weighted by atomic mass is 10.1. The molecule has 88 valence electrons. The van der Waals surface area contributed by atoms with Gasteiger partial charge in [0.25, 0.3) is 5.91 Å². The van der Waals surface area contributed by atoms with Gasteiger partial charge in [0.1, 0.15) is 5.82 Å². The molecule has 1 aromatic carbocycles. The van der Waals surface area contributed by atoms with E-state index < -0.39 is 0 Å². The van der Waals surface area contributed by atoms with Gasteiger partial charge in [-0.05, 0) is 43.5 Å². The molecule has 1 aromatic rings. The number of hydrogen-bond donors (Lipinski definition) is 0. The Balaban J connectivity index is 1.87. The van der Waals surface area contributed by atoms with Gasteiger partial charge in [-0.2, -0.15) is 0 Å². The molecule has 3 rings (SSSR count). The zero-order valence-electron chi connectivity index (χ0n) is 9.47. The zero-order chi connectivity index (χ0) is 11.8. The lowest BCUT2D eigenvalue weighted by molar-refractivity contribution is 0.0689. The zero-order valence-corrected chi connectivity index (χ0v) is 9.47. The minimum Gasteiger partial charge on any atom is -0.329 e. The largest absolute Gasteiger partial charge is 0.329 e. The van der Waals surface area contributed by atoms with Gasteiger partial charge in [0, 0.05) is 11.6 Å². The average molecular weight is 231 g/mol. The summed E-state index contributed by atoms with van der Waals surface area (Å²) in [5.41, 5.74) is 0.582. The summed E-state index contributed by atoms with van der Waals surface area (Å²) in [6.45, 7) is 0. The number of benzene rings is 1. The van der Waals surface area contributed by atoms with Crippen molar-refractivity contribution >= 4 is 5.91 Å². The van der Waals surface area contributed by atoms with Crippen molar-refractivity contribution in [1.29, 1.82) is 0 Å². The van der Waals surface area contributed by atoms with Crippen LogP contribution in [0.3, 0.4) is 0 Å². The van der Waals surface area contributed by atoms with Crippen molar-refractivity contribution in [2.75, 3.05) is 0 Å². The van der Waals surface area contributed by atoms with Crippen LogP contribution in [-0.4, -0.2) is 22.9 Å². The fraction of sp³-hybridized carbons (Fsp3) is 0.357. The summed E-state index contributed by atoms with van der Waals surface area (Å²) < 4.78 is 12.8. The van der Waals surface area contributed by atoms with Crippen LogP contribution in [0.4, 0.5) is 4.39 Å². The first-order valence-corrected chi connectivity index (χ1v) is 6.00. The van der Waals surface area contributed by atoms with E-state index in [4.69, 9.17) is 0 Å². The normalized spacial score (nSPS) is 26.3. The van der Waals surface area contributed by atoms with E-state index in [1.54, 1.807) is 12.1 Å². The third-order valence-corrected chi connectivity index (χ3v) is 3.64. The van der Waals surface area contributed by atoms with Crippen molar-refractivity contribution in [3.63, 3.8) is 0 Å². The molecule has 2 unspecified atom stereocenters. The second kappa shape index (κ2) is 3.99. The lowest BCUT2D eigenvalue weighted by Crippen LogP contribution is -2.42. The molecular weight excluding hydrogens is 217 g/mol. The predicted octanol–water partition coefficient (Wildman–Crippen LogP) is 2.76. The molecule has 0 spiro atoms. The van der Waals surface area contributed by atoms with Gasteiger partial charge in [-0.1, -0.05) is 12.2 Å². The Labute approximate surface area is 99.7 Å². The van der Waals surface area contributed by atoms with Crippen molar-refractivity contribution in [2.45, 2.75) is 31.3 Å². The Morgan fingerprint density at radius 3 is 2.71 bits per heavy atom. The molecule has 3 heteroatoms. The summed E-state index contributed by atoms with van der Waals surface area (Å²) in [6.07, 6.45) is 7.35. The van der Waals surface area contributed by atoms with Gasteiger partial charge >= 0.3 is 0 Å². The minimum atomic E-state index is -0.303. The SMILES string of the molecule is O=C(c1ccc(F)cc1)N1C2C=CCC1CC2. The third-order valence-electron chi connectivity index (χ3n) is 3.64. The first-order chi connectivity index (χ1) is 8.25. The molecule has 2 aliphatic heterocycles. The summed E-state index contributed by atoms with van der Waals surface area (Å²) in [5.74, 6) is -0.273. The molecule has 1 saturated heterocycles. The number of hydrogen-bond acceptors (Lipinski definition) is 1. The summed E-state index contributed by atoms with van der Waals surface area (Å²) in [5, 5.41) is 0.